The Morgan fingerprint density at radius 3 is 2.69 bits per heavy atom. The Morgan fingerprint density at radius 1 is 1.23 bits per heavy atom. The van der Waals surface area contributed by atoms with Crippen LogP contribution in [0.2, 0.25) is 0 Å². The Labute approximate surface area is 152 Å². The first-order chi connectivity index (χ1) is 12.5. The van der Waals surface area contributed by atoms with Crippen LogP contribution in [0.15, 0.2) is 21.3 Å². The van der Waals surface area contributed by atoms with E-state index in [1.54, 1.807) is 10.7 Å². The molecule has 4 rings (SSSR count). The molecule has 6 heteroatoms. The molecule has 0 spiro atoms. The maximum Gasteiger partial charge on any atom is 0.267 e. The van der Waals surface area contributed by atoms with Crippen LogP contribution in [0.1, 0.15) is 52.4 Å². The molecule has 1 amide bonds. The largest absolute Gasteiger partial charge is 0.466 e. The van der Waals surface area contributed by atoms with Crippen LogP contribution in [0.25, 0.3) is 0 Å². The summed E-state index contributed by atoms with van der Waals surface area (Å²) in [6, 6.07) is 3.58. The maximum atomic E-state index is 12.7. The maximum absolute atomic E-state index is 12.7. The van der Waals surface area contributed by atoms with Gasteiger partial charge < -0.3 is 9.32 Å². The lowest BCUT2D eigenvalue weighted by molar-refractivity contribution is 0.0678. The molecule has 0 saturated carbocycles. The van der Waals surface area contributed by atoms with Gasteiger partial charge in [-0.25, -0.2) is 4.68 Å². The zero-order valence-electron chi connectivity index (χ0n) is 15.5. The topological polar surface area (TPSA) is 68.3 Å². The van der Waals surface area contributed by atoms with Crippen molar-refractivity contribution >= 4 is 5.91 Å². The van der Waals surface area contributed by atoms with Gasteiger partial charge in [0.1, 0.15) is 11.5 Å². The predicted octanol–water partition coefficient (Wildman–Crippen LogP) is 2.49. The number of hydrogen-bond donors (Lipinski definition) is 0. The van der Waals surface area contributed by atoms with Crippen molar-refractivity contribution in [2.45, 2.75) is 52.5 Å². The Morgan fingerprint density at radius 2 is 2.00 bits per heavy atom. The molecule has 26 heavy (non-hydrogen) atoms. The van der Waals surface area contributed by atoms with E-state index >= 15 is 0 Å². The van der Waals surface area contributed by atoms with E-state index in [0.29, 0.717) is 36.9 Å². The Kier molecular flexibility index (Phi) is 4.42. The van der Waals surface area contributed by atoms with E-state index in [9.17, 15) is 9.59 Å². The van der Waals surface area contributed by atoms with Crippen LogP contribution in [0.5, 0.6) is 0 Å². The number of carbonyl (C=O) groups is 1. The fraction of sp³-hybridized carbons (Fsp3) is 0.550. The fourth-order valence-electron chi connectivity index (χ4n) is 4.15. The van der Waals surface area contributed by atoms with Gasteiger partial charge in [0.05, 0.1) is 11.3 Å². The summed E-state index contributed by atoms with van der Waals surface area (Å²) in [6.45, 7) is 5.77. The lowest BCUT2D eigenvalue weighted by Gasteiger charge is -2.32. The molecule has 1 saturated heterocycles. The molecule has 3 heterocycles. The molecule has 2 aromatic rings. The number of amides is 1. The lowest BCUT2D eigenvalue weighted by atomic mass is 9.96. The van der Waals surface area contributed by atoms with E-state index in [4.69, 9.17) is 4.42 Å². The van der Waals surface area contributed by atoms with Crippen LogP contribution in [0, 0.1) is 19.8 Å². The second kappa shape index (κ2) is 6.74. The first-order valence-electron chi connectivity index (χ1n) is 9.47. The van der Waals surface area contributed by atoms with Gasteiger partial charge in [0.25, 0.3) is 11.5 Å². The summed E-state index contributed by atoms with van der Waals surface area (Å²) < 4.78 is 7.12. The molecule has 138 valence electrons. The summed E-state index contributed by atoms with van der Waals surface area (Å²) in [4.78, 5) is 26.9. The number of aromatic nitrogens is 2. The zero-order chi connectivity index (χ0) is 18.3. The second-order valence-corrected chi connectivity index (χ2v) is 7.55. The van der Waals surface area contributed by atoms with Crippen molar-refractivity contribution in [3.8, 4) is 0 Å². The van der Waals surface area contributed by atoms with Crippen LogP contribution < -0.4 is 5.56 Å². The molecule has 1 aliphatic carbocycles. The lowest BCUT2D eigenvalue weighted by Crippen LogP contribution is -2.40. The SMILES string of the molecule is Cc1cc(C(=O)N2CCC(Cn3nc4c(cc3=O)CCC4)CC2)c(C)o1. The quantitative estimate of drug-likeness (QED) is 0.848. The number of fused-ring (bicyclic) bond motifs is 1. The van der Waals surface area contributed by atoms with Crippen LogP contribution in [0.3, 0.4) is 0 Å². The van der Waals surface area contributed by atoms with Crippen molar-refractivity contribution < 1.29 is 9.21 Å². The van der Waals surface area contributed by atoms with Gasteiger partial charge in [-0.2, -0.15) is 5.10 Å². The number of likely N-dealkylation sites (tertiary alicyclic amines) is 1. The van der Waals surface area contributed by atoms with Gasteiger partial charge in [-0.3, -0.25) is 9.59 Å². The van der Waals surface area contributed by atoms with Gasteiger partial charge in [0.15, 0.2) is 0 Å². The summed E-state index contributed by atoms with van der Waals surface area (Å²) >= 11 is 0. The van der Waals surface area contributed by atoms with Crippen molar-refractivity contribution in [3.63, 3.8) is 0 Å². The minimum Gasteiger partial charge on any atom is -0.466 e. The monoisotopic (exact) mass is 355 g/mol. The van der Waals surface area contributed by atoms with E-state index in [1.165, 1.54) is 0 Å². The van der Waals surface area contributed by atoms with E-state index in [2.05, 4.69) is 5.10 Å². The van der Waals surface area contributed by atoms with Crippen molar-refractivity contribution in [2.75, 3.05) is 13.1 Å². The Bertz CT molecular complexity index is 888. The Balaban J connectivity index is 1.39. The summed E-state index contributed by atoms with van der Waals surface area (Å²) in [5.74, 6) is 1.88. The number of piperidine rings is 1. The number of furan rings is 1. The van der Waals surface area contributed by atoms with Crippen molar-refractivity contribution in [1.29, 1.82) is 0 Å². The molecular formula is C20H25N3O3. The minimum absolute atomic E-state index is 0.00801. The zero-order valence-corrected chi connectivity index (χ0v) is 15.5. The van der Waals surface area contributed by atoms with E-state index < -0.39 is 0 Å². The van der Waals surface area contributed by atoms with Crippen LogP contribution in [0.4, 0.5) is 0 Å². The molecule has 6 nitrogen and oxygen atoms in total. The molecule has 1 fully saturated rings. The molecule has 0 atom stereocenters. The number of carbonyl (C=O) groups excluding carboxylic acids is 1. The summed E-state index contributed by atoms with van der Waals surface area (Å²) in [5.41, 5.74) is 2.88. The highest BCUT2D eigenvalue weighted by molar-refractivity contribution is 5.95. The van der Waals surface area contributed by atoms with Gasteiger partial charge >= 0.3 is 0 Å². The van der Waals surface area contributed by atoms with Crippen LogP contribution in [-0.2, 0) is 19.4 Å². The second-order valence-electron chi connectivity index (χ2n) is 7.55. The van der Waals surface area contributed by atoms with Gasteiger partial charge in [-0.15, -0.1) is 0 Å². The van der Waals surface area contributed by atoms with Crippen molar-refractivity contribution in [1.82, 2.24) is 14.7 Å². The molecule has 0 bridgehead atoms. The summed E-state index contributed by atoms with van der Waals surface area (Å²) in [7, 11) is 0. The molecule has 0 aromatic carbocycles. The van der Waals surface area contributed by atoms with E-state index in [1.807, 2.05) is 24.8 Å². The van der Waals surface area contributed by atoms with Crippen LogP contribution >= 0.6 is 0 Å². The third-order valence-corrected chi connectivity index (χ3v) is 5.63. The first kappa shape index (κ1) is 17.1. The molecule has 1 aliphatic heterocycles. The molecule has 0 unspecified atom stereocenters. The molecule has 2 aliphatic rings. The molecule has 0 radical (unpaired) electrons. The van der Waals surface area contributed by atoms with Gasteiger partial charge in [-0.1, -0.05) is 0 Å². The molecule has 2 aromatic heterocycles. The fourth-order valence-corrected chi connectivity index (χ4v) is 4.15. The normalized spacial score (nSPS) is 17.5. The Hall–Kier alpha value is -2.37. The number of rotatable bonds is 3. The first-order valence-corrected chi connectivity index (χ1v) is 9.47. The van der Waals surface area contributed by atoms with Crippen molar-refractivity contribution in [3.05, 3.63) is 50.8 Å². The number of aryl methyl sites for hydroxylation is 4. The molecule has 0 N–H and O–H groups in total. The highest BCUT2D eigenvalue weighted by Crippen LogP contribution is 2.23. The predicted molar refractivity (Wildman–Crippen MR) is 97.3 cm³/mol. The van der Waals surface area contributed by atoms with Gasteiger partial charge in [-0.05, 0) is 63.5 Å². The standard InChI is InChI=1S/C20H25N3O3/c1-13-10-17(14(2)26-13)20(25)22-8-6-15(7-9-22)12-23-19(24)11-16-4-3-5-18(16)21-23/h10-11,15H,3-9,12H2,1-2H3. The smallest absolute Gasteiger partial charge is 0.267 e. The highest BCUT2D eigenvalue weighted by Gasteiger charge is 2.26. The average Bonchev–Trinajstić information content (AvgIpc) is 3.20. The third-order valence-electron chi connectivity index (χ3n) is 5.63. The van der Waals surface area contributed by atoms with Crippen molar-refractivity contribution in [2.24, 2.45) is 5.92 Å². The minimum atomic E-state index is 0.00801. The van der Waals surface area contributed by atoms with Gasteiger partial charge in [0.2, 0.25) is 0 Å². The summed E-state index contributed by atoms with van der Waals surface area (Å²) in [6.07, 6.45) is 4.84. The van der Waals surface area contributed by atoms with Gasteiger partial charge in [0, 0.05) is 25.7 Å². The van der Waals surface area contributed by atoms with E-state index in [-0.39, 0.29) is 11.5 Å². The van der Waals surface area contributed by atoms with E-state index in [0.717, 1.165) is 49.1 Å². The average molecular weight is 355 g/mol. The number of nitrogens with zero attached hydrogens (tertiary/aromatic N) is 3. The van der Waals surface area contributed by atoms with Crippen LogP contribution in [-0.4, -0.2) is 33.7 Å². The summed E-state index contributed by atoms with van der Waals surface area (Å²) in [5, 5.41) is 4.57. The highest BCUT2D eigenvalue weighted by atomic mass is 16.3. The molecular weight excluding hydrogens is 330 g/mol. The number of hydrogen-bond acceptors (Lipinski definition) is 4. The third kappa shape index (κ3) is 3.20.